The van der Waals surface area contributed by atoms with Gasteiger partial charge in [0.25, 0.3) is 0 Å². The number of carbonyl (C=O) groups is 1. The molecule has 0 aliphatic carbocycles. The van der Waals surface area contributed by atoms with Crippen LogP contribution in [-0.4, -0.2) is 24.1 Å². The first-order valence-electron chi connectivity index (χ1n) is 5.41. The second kappa shape index (κ2) is 4.55. The zero-order valence-electron chi connectivity index (χ0n) is 10.1. The fourth-order valence-corrected chi connectivity index (χ4v) is 1.66. The van der Waals surface area contributed by atoms with Crippen LogP contribution in [0.1, 0.15) is 23.1 Å². The number of pyridine rings is 1. The smallest absolute Gasteiger partial charge is 0.358 e. The van der Waals surface area contributed by atoms with Crippen molar-refractivity contribution in [1.29, 1.82) is 0 Å². The summed E-state index contributed by atoms with van der Waals surface area (Å²) in [6, 6.07) is 3.95. The van der Waals surface area contributed by atoms with Gasteiger partial charge in [-0.1, -0.05) is 0 Å². The maximum absolute atomic E-state index is 11.7. The average molecular weight is 233 g/mol. The van der Waals surface area contributed by atoms with Gasteiger partial charge in [-0.25, -0.2) is 15.2 Å². The van der Waals surface area contributed by atoms with E-state index in [0.29, 0.717) is 11.4 Å². The molecule has 1 aromatic rings. The minimum atomic E-state index is -0.432. The van der Waals surface area contributed by atoms with Gasteiger partial charge in [-0.05, 0) is 32.1 Å². The zero-order valence-corrected chi connectivity index (χ0v) is 10.1. The minimum Gasteiger partial charge on any atom is -0.464 e. The molecule has 0 fully saturated rings. The Balaban J connectivity index is 2.39. The zero-order chi connectivity index (χ0) is 12.4. The number of aromatic nitrogens is 1. The highest BCUT2D eigenvalue weighted by molar-refractivity contribution is 5.93. The SMILES string of the molecule is COC(=O)c1nc(C)ccc1N1C=CC(C)N1. The van der Waals surface area contributed by atoms with Gasteiger partial charge in [-0.3, -0.25) is 5.01 Å². The third kappa shape index (κ3) is 2.29. The van der Waals surface area contributed by atoms with Gasteiger partial charge < -0.3 is 4.74 Å². The molecule has 2 rings (SSSR count). The van der Waals surface area contributed by atoms with E-state index in [0.717, 1.165) is 5.69 Å². The molecule has 0 amide bonds. The molecule has 0 aromatic carbocycles. The number of nitrogens with zero attached hydrogens (tertiary/aromatic N) is 2. The number of carbonyl (C=O) groups excluding carboxylic acids is 1. The molecule has 1 aliphatic heterocycles. The van der Waals surface area contributed by atoms with E-state index >= 15 is 0 Å². The van der Waals surface area contributed by atoms with Crippen LogP contribution in [0, 0.1) is 6.92 Å². The van der Waals surface area contributed by atoms with E-state index in [1.165, 1.54) is 7.11 Å². The number of hydrogen-bond donors (Lipinski definition) is 1. The van der Waals surface area contributed by atoms with E-state index < -0.39 is 5.97 Å². The molecular formula is C12H15N3O2. The van der Waals surface area contributed by atoms with Crippen LogP contribution in [-0.2, 0) is 4.74 Å². The highest BCUT2D eigenvalue weighted by Crippen LogP contribution is 2.21. The predicted molar refractivity (Wildman–Crippen MR) is 64.5 cm³/mol. The normalized spacial score (nSPS) is 18.5. The quantitative estimate of drug-likeness (QED) is 0.783. The highest BCUT2D eigenvalue weighted by atomic mass is 16.5. The van der Waals surface area contributed by atoms with Crippen molar-refractivity contribution in [3.8, 4) is 0 Å². The van der Waals surface area contributed by atoms with Crippen molar-refractivity contribution in [3.63, 3.8) is 0 Å². The number of ether oxygens (including phenoxy) is 1. The Morgan fingerprint density at radius 2 is 2.29 bits per heavy atom. The number of anilines is 1. The molecule has 17 heavy (non-hydrogen) atoms. The van der Waals surface area contributed by atoms with Crippen LogP contribution in [0.3, 0.4) is 0 Å². The Labute approximate surface area is 100 Å². The Morgan fingerprint density at radius 1 is 1.53 bits per heavy atom. The first kappa shape index (κ1) is 11.6. The summed E-state index contributed by atoms with van der Waals surface area (Å²) in [5.74, 6) is -0.432. The number of hydrogen-bond acceptors (Lipinski definition) is 5. The number of rotatable bonds is 2. The predicted octanol–water partition coefficient (Wildman–Crippen LogP) is 1.40. The first-order chi connectivity index (χ1) is 8.11. The lowest BCUT2D eigenvalue weighted by atomic mass is 10.2. The lowest BCUT2D eigenvalue weighted by Gasteiger charge is -2.20. The van der Waals surface area contributed by atoms with E-state index in [1.54, 1.807) is 5.01 Å². The van der Waals surface area contributed by atoms with Crippen LogP contribution in [0.15, 0.2) is 24.4 Å². The van der Waals surface area contributed by atoms with E-state index in [2.05, 4.69) is 10.4 Å². The number of nitrogens with one attached hydrogen (secondary N) is 1. The average Bonchev–Trinajstić information content (AvgIpc) is 2.74. The summed E-state index contributed by atoms with van der Waals surface area (Å²) in [6.07, 6.45) is 3.88. The van der Waals surface area contributed by atoms with Crippen molar-refractivity contribution >= 4 is 11.7 Å². The largest absolute Gasteiger partial charge is 0.464 e. The number of hydrazine groups is 1. The van der Waals surface area contributed by atoms with Gasteiger partial charge in [0, 0.05) is 17.9 Å². The van der Waals surface area contributed by atoms with Crippen LogP contribution >= 0.6 is 0 Å². The van der Waals surface area contributed by atoms with Gasteiger partial charge in [0.1, 0.15) is 0 Å². The molecule has 1 N–H and O–H groups in total. The molecule has 5 nitrogen and oxygen atoms in total. The number of methoxy groups -OCH3 is 1. The maximum Gasteiger partial charge on any atom is 0.358 e. The van der Waals surface area contributed by atoms with Crippen LogP contribution < -0.4 is 10.4 Å². The van der Waals surface area contributed by atoms with Gasteiger partial charge in [-0.2, -0.15) is 0 Å². The van der Waals surface area contributed by atoms with Crippen molar-refractivity contribution in [1.82, 2.24) is 10.4 Å². The van der Waals surface area contributed by atoms with Crippen molar-refractivity contribution in [2.45, 2.75) is 19.9 Å². The molecule has 0 saturated heterocycles. The van der Waals surface area contributed by atoms with Crippen molar-refractivity contribution in [2.75, 3.05) is 12.1 Å². The second-order valence-electron chi connectivity index (χ2n) is 3.94. The molecular weight excluding hydrogens is 218 g/mol. The highest BCUT2D eigenvalue weighted by Gasteiger charge is 2.21. The van der Waals surface area contributed by atoms with Crippen molar-refractivity contribution in [3.05, 3.63) is 35.8 Å². The third-order valence-corrected chi connectivity index (χ3v) is 2.52. The molecule has 0 spiro atoms. The minimum absolute atomic E-state index is 0.238. The standard InChI is InChI=1S/C12H15N3O2/c1-8-4-5-10(11(13-8)12(16)17-3)15-7-6-9(2)14-15/h4-7,9,14H,1-3H3. The summed E-state index contributed by atoms with van der Waals surface area (Å²) in [7, 11) is 1.35. The van der Waals surface area contributed by atoms with Gasteiger partial charge in [0.2, 0.25) is 0 Å². The van der Waals surface area contributed by atoms with Gasteiger partial charge in [0.05, 0.1) is 12.8 Å². The van der Waals surface area contributed by atoms with E-state index in [9.17, 15) is 4.79 Å². The summed E-state index contributed by atoms with van der Waals surface area (Å²) < 4.78 is 4.74. The molecule has 1 atom stereocenters. The van der Waals surface area contributed by atoms with Crippen LogP contribution in [0.5, 0.6) is 0 Å². The van der Waals surface area contributed by atoms with E-state index in [1.807, 2.05) is 38.3 Å². The first-order valence-corrected chi connectivity index (χ1v) is 5.41. The molecule has 1 aliphatic rings. The topological polar surface area (TPSA) is 54.5 Å². The second-order valence-corrected chi connectivity index (χ2v) is 3.94. The molecule has 0 saturated carbocycles. The molecule has 0 bridgehead atoms. The third-order valence-electron chi connectivity index (χ3n) is 2.52. The Kier molecular flexibility index (Phi) is 3.10. The molecule has 90 valence electrons. The molecule has 1 aromatic heterocycles. The Hall–Kier alpha value is -1.88. The number of esters is 1. The van der Waals surface area contributed by atoms with Crippen molar-refractivity contribution < 1.29 is 9.53 Å². The summed E-state index contributed by atoms with van der Waals surface area (Å²) >= 11 is 0. The van der Waals surface area contributed by atoms with E-state index in [-0.39, 0.29) is 6.04 Å². The summed E-state index contributed by atoms with van der Waals surface area (Å²) in [6.45, 7) is 3.86. The van der Waals surface area contributed by atoms with Crippen LogP contribution in [0.4, 0.5) is 5.69 Å². The summed E-state index contributed by atoms with van der Waals surface area (Å²) in [5.41, 5.74) is 4.98. The van der Waals surface area contributed by atoms with Gasteiger partial charge in [0.15, 0.2) is 5.69 Å². The molecule has 0 radical (unpaired) electrons. The molecule has 1 unspecified atom stereocenters. The fraction of sp³-hybridized carbons (Fsp3) is 0.333. The van der Waals surface area contributed by atoms with E-state index in [4.69, 9.17) is 4.74 Å². The monoisotopic (exact) mass is 233 g/mol. The Bertz CT molecular complexity index is 471. The van der Waals surface area contributed by atoms with Gasteiger partial charge >= 0.3 is 5.97 Å². The summed E-state index contributed by atoms with van der Waals surface area (Å²) in [4.78, 5) is 15.9. The lowest BCUT2D eigenvalue weighted by Crippen LogP contribution is -2.34. The Morgan fingerprint density at radius 3 is 2.88 bits per heavy atom. The fourth-order valence-electron chi connectivity index (χ4n) is 1.66. The van der Waals surface area contributed by atoms with Gasteiger partial charge in [-0.15, -0.1) is 0 Å². The maximum atomic E-state index is 11.7. The van der Waals surface area contributed by atoms with Crippen LogP contribution in [0.2, 0.25) is 0 Å². The molecule has 2 heterocycles. The number of aryl methyl sites for hydroxylation is 1. The molecule has 5 heteroatoms. The van der Waals surface area contributed by atoms with Crippen molar-refractivity contribution in [2.24, 2.45) is 0 Å². The van der Waals surface area contributed by atoms with Crippen LogP contribution in [0.25, 0.3) is 0 Å². The lowest BCUT2D eigenvalue weighted by molar-refractivity contribution is 0.0594. The summed E-state index contributed by atoms with van der Waals surface area (Å²) in [5, 5.41) is 1.78.